The Morgan fingerprint density at radius 3 is 2.16 bits per heavy atom. The number of hydrogen-bond acceptors (Lipinski definition) is 2. The summed E-state index contributed by atoms with van der Waals surface area (Å²) in [4.78, 5) is 9.74. The zero-order chi connectivity index (χ0) is 20.8. The molecule has 0 unspecified atom stereocenters. The lowest BCUT2D eigenvalue weighted by atomic mass is 9.93. The van der Waals surface area contributed by atoms with Gasteiger partial charge < -0.3 is 0 Å². The minimum atomic E-state index is 0.784. The second-order valence-electron chi connectivity index (χ2n) is 7.91. The average Bonchev–Trinajstić information content (AvgIpc) is 2.83. The van der Waals surface area contributed by atoms with Gasteiger partial charge in [-0.15, -0.1) is 0 Å². The number of fused-ring (bicyclic) bond motifs is 4. The largest absolute Gasteiger partial charge is 0.233 e. The molecule has 0 bridgehead atoms. The number of nitrogens with zero attached hydrogens (tertiary/aromatic N) is 2. The van der Waals surface area contributed by atoms with Gasteiger partial charge in [-0.25, -0.2) is 9.97 Å². The van der Waals surface area contributed by atoms with Gasteiger partial charge in [0.2, 0.25) is 0 Å². The first-order chi connectivity index (χ1) is 15.3. The van der Waals surface area contributed by atoms with Crippen molar-refractivity contribution in [2.75, 3.05) is 0 Å². The lowest BCUT2D eigenvalue weighted by molar-refractivity contribution is 1.10. The van der Waals surface area contributed by atoms with E-state index in [1.54, 1.807) is 0 Å². The molecule has 0 aliphatic carbocycles. The van der Waals surface area contributed by atoms with Crippen LogP contribution in [0, 0.1) is 6.92 Å². The van der Waals surface area contributed by atoms with Crippen LogP contribution >= 0.6 is 0 Å². The molecule has 31 heavy (non-hydrogen) atoms. The van der Waals surface area contributed by atoms with Crippen molar-refractivity contribution in [1.29, 1.82) is 0 Å². The van der Waals surface area contributed by atoms with Crippen molar-refractivity contribution in [2.24, 2.45) is 0 Å². The SMILES string of the molecule is Cc1nc(-c2ccccc2)c2ccc3cccc(-c4ccc5ccccc5c4)c3c2n1. The average molecular weight is 396 g/mol. The topological polar surface area (TPSA) is 25.8 Å². The number of aryl methyl sites for hydroxylation is 1. The third kappa shape index (κ3) is 2.96. The van der Waals surface area contributed by atoms with E-state index in [1.807, 2.05) is 13.0 Å². The van der Waals surface area contributed by atoms with Crippen LogP contribution in [0.1, 0.15) is 5.82 Å². The fraction of sp³-hybridized carbons (Fsp3) is 0.0345. The van der Waals surface area contributed by atoms with E-state index in [0.29, 0.717) is 0 Å². The van der Waals surface area contributed by atoms with Gasteiger partial charge in [-0.05, 0) is 46.3 Å². The Balaban J connectivity index is 1.70. The maximum atomic E-state index is 4.93. The Hall–Kier alpha value is -4.04. The van der Waals surface area contributed by atoms with Gasteiger partial charge in [0.05, 0.1) is 11.2 Å². The van der Waals surface area contributed by atoms with E-state index < -0.39 is 0 Å². The number of benzene rings is 5. The standard InChI is InChI=1S/C29H20N2/c1-19-30-28(22-9-3-2-4-10-22)26-17-16-21-12-7-13-25(27(21)29(26)31-19)24-15-14-20-8-5-6-11-23(20)18-24/h2-18H,1H3. The van der Waals surface area contributed by atoms with Crippen molar-refractivity contribution in [3.05, 3.63) is 109 Å². The van der Waals surface area contributed by atoms with Gasteiger partial charge in [0, 0.05) is 16.3 Å². The fourth-order valence-electron chi connectivity index (χ4n) is 4.49. The second-order valence-corrected chi connectivity index (χ2v) is 7.91. The summed E-state index contributed by atoms with van der Waals surface area (Å²) in [6, 6.07) is 36.4. The van der Waals surface area contributed by atoms with E-state index >= 15 is 0 Å². The van der Waals surface area contributed by atoms with Crippen LogP contribution < -0.4 is 0 Å². The maximum Gasteiger partial charge on any atom is 0.126 e. The molecular weight excluding hydrogens is 376 g/mol. The molecule has 0 fully saturated rings. The van der Waals surface area contributed by atoms with E-state index in [9.17, 15) is 0 Å². The van der Waals surface area contributed by atoms with Crippen molar-refractivity contribution in [1.82, 2.24) is 9.97 Å². The Labute approximate surface area is 180 Å². The Kier molecular flexibility index (Phi) is 4.03. The molecule has 0 aliphatic heterocycles. The van der Waals surface area contributed by atoms with Crippen LogP contribution in [-0.2, 0) is 0 Å². The molecule has 1 heterocycles. The molecule has 6 aromatic rings. The van der Waals surface area contributed by atoms with E-state index in [4.69, 9.17) is 9.97 Å². The van der Waals surface area contributed by atoms with Crippen LogP contribution in [0.2, 0.25) is 0 Å². The molecular formula is C29H20N2. The molecule has 5 aromatic carbocycles. The van der Waals surface area contributed by atoms with Crippen LogP contribution in [0.3, 0.4) is 0 Å². The molecule has 0 radical (unpaired) electrons. The Morgan fingerprint density at radius 2 is 1.29 bits per heavy atom. The van der Waals surface area contributed by atoms with Gasteiger partial charge in [0.15, 0.2) is 0 Å². The van der Waals surface area contributed by atoms with Crippen molar-refractivity contribution in [3.8, 4) is 22.4 Å². The van der Waals surface area contributed by atoms with Crippen molar-refractivity contribution in [3.63, 3.8) is 0 Å². The molecule has 2 heteroatoms. The van der Waals surface area contributed by atoms with E-state index in [-0.39, 0.29) is 0 Å². The zero-order valence-corrected chi connectivity index (χ0v) is 17.2. The molecule has 0 amide bonds. The summed E-state index contributed by atoms with van der Waals surface area (Å²) >= 11 is 0. The molecule has 0 aliphatic rings. The van der Waals surface area contributed by atoms with E-state index in [2.05, 4.69) is 97.1 Å². The molecule has 0 saturated carbocycles. The summed E-state index contributed by atoms with van der Waals surface area (Å²) in [5, 5.41) is 5.94. The summed E-state index contributed by atoms with van der Waals surface area (Å²) in [5.41, 5.74) is 5.51. The first-order valence-electron chi connectivity index (χ1n) is 10.5. The van der Waals surface area contributed by atoms with E-state index in [1.165, 1.54) is 32.7 Å². The lowest BCUT2D eigenvalue weighted by Gasteiger charge is -2.13. The van der Waals surface area contributed by atoms with Gasteiger partial charge in [0.1, 0.15) is 5.82 Å². The maximum absolute atomic E-state index is 4.93. The van der Waals surface area contributed by atoms with Crippen molar-refractivity contribution in [2.45, 2.75) is 6.92 Å². The van der Waals surface area contributed by atoms with Gasteiger partial charge >= 0.3 is 0 Å². The highest BCUT2D eigenvalue weighted by Crippen LogP contribution is 2.37. The fourth-order valence-corrected chi connectivity index (χ4v) is 4.49. The third-order valence-electron chi connectivity index (χ3n) is 5.93. The Morgan fingerprint density at radius 1 is 0.548 bits per heavy atom. The Bertz CT molecular complexity index is 1580. The van der Waals surface area contributed by atoms with Gasteiger partial charge in [-0.3, -0.25) is 0 Å². The van der Waals surface area contributed by atoms with Crippen LogP contribution in [0.4, 0.5) is 0 Å². The summed E-state index contributed by atoms with van der Waals surface area (Å²) in [6.45, 7) is 1.98. The van der Waals surface area contributed by atoms with Crippen LogP contribution in [0.5, 0.6) is 0 Å². The van der Waals surface area contributed by atoms with Gasteiger partial charge in [-0.2, -0.15) is 0 Å². The zero-order valence-electron chi connectivity index (χ0n) is 17.2. The first-order valence-corrected chi connectivity index (χ1v) is 10.5. The number of rotatable bonds is 2. The summed E-state index contributed by atoms with van der Waals surface area (Å²) in [6.07, 6.45) is 0. The van der Waals surface area contributed by atoms with Crippen LogP contribution in [-0.4, -0.2) is 9.97 Å². The molecule has 0 N–H and O–H groups in total. The molecule has 1 aromatic heterocycles. The summed E-state index contributed by atoms with van der Waals surface area (Å²) < 4.78 is 0. The van der Waals surface area contributed by atoms with E-state index in [0.717, 1.165) is 28.0 Å². The third-order valence-corrected chi connectivity index (χ3v) is 5.93. The molecule has 2 nitrogen and oxygen atoms in total. The van der Waals surface area contributed by atoms with Crippen molar-refractivity contribution >= 4 is 32.4 Å². The quantitative estimate of drug-likeness (QED) is 0.282. The highest BCUT2D eigenvalue weighted by atomic mass is 14.9. The molecule has 0 atom stereocenters. The minimum Gasteiger partial charge on any atom is -0.233 e. The second kappa shape index (κ2) is 7.03. The minimum absolute atomic E-state index is 0.784. The smallest absolute Gasteiger partial charge is 0.126 e. The predicted octanol–water partition coefficient (Wildman–Crippen LogP) is 7.58. The monoisotopic (exact) mass is 396 g/mol. The van der Waals surface area contributed by atoms with Gasteiger partial charge in [0.25, 0.3) is 0 Å². The highest BCUT2D eigenvalue weighted by molar-refractivity contribution is 6.15. The summed E-state index contributed by atoms with van der Waals surface area (Å²) in [5.74, 6) is 0.784. The molecule has 6 rings (SSSR count). The van der Waals surface area contributed by atoms with Gasteiger partial charge in [-0.1, -0.05) is 91.0 Å². The lowest BCUT2D eigenvalue weighted by Crippen LogP contribution is -1.96. The summed E-state index contributed by atoms with van der Waals surface area (Å²) in [7, 11) is 0. The highest BCUT2D eigenvalue weighted by Gasteiger charge is 2.14. The molecule has 0 spiro atoms. The first kappa shape index (κ1) is 17.8. The number of aromatic nitrogens is 2. The van der Waals surface area contributed by atoms with Crippen molar-refractivity contribution < 1.29 is 0 Å². The van der Waals surface area contributed by atoms with Crippen LogP contribution in [0.25, 0.3) is 54.8 Å². The molecule has 0 saturated heterocycles. The van der Waals surface area contributed by atoms with Crippen LogP contribution in [0.15, 0.2) is 103 Å². The molecule has 146 valence electrons. The predicted molar refractivity (Wildman–Crippen MR) is 130 cm³/mol. The normalized spacial score (nSPS) is 11.4. The number of hydrogen-bond donors (Lipinski definition) is 0.